The van der Waals surface area contributed by atoms with Gasteiger partial charge in [-0.1, -0.05) is 24.3 Å². The van der Waals surface area contributed by atoms with Crippen LogP contribution in [0.25, 0.3) is 33.4 Å². The Morgan fingerprint density at radius 2 is 1.82 bits per heavy atom. The van der Waals surface area contributed by atoms with Crippen molar-refractivity contribution in [3.63, 3.8) is 0 Å². The number of para-hydroxylation sites is 1. The molecule has 3 heterocycles. The predicted octanol–water partition coefficient (Wildman–Crippen LogP) is 3.72. The molecule has 1 amide bonds. The molecule has 8 nitrogen and oxygen atoms in total. The van der Waals surface area contributed by atoms with Crippen LogP contribution in [0.15, 0.2) is 59.5 Å². The lowest BCUT2D eigenvalue weighted by molar-refractivity contribution is -0.199. The summed E-state index contributed by atoms with van der Waals surface area (Å²) in [6.07, 6.45) is -4.23. The Labute approximate surface area is 212 Å². The van der Waals surface area contributed by atoms with E-state index in [9.17, 15) is 35.6 Å². The molecule has 0 aliphatic carbocycles. The van der Waals surface area contributed by atoms with Crippen molar-refractivity contribution in [3.05, 3.63) is 71.7 Å². The summed E-state index contributed by atoms with van der Waals surface area (Å²) in [4.78, 5) is 33.2. The number of sulfone groups is 1. The van der Waals surface area contributed by atoms with Gasteiger partial charge < -0.3 is 10.2 Å². The number of alkyl halides is 3. The Bertz CT molecular complexity index is 1750. The van der Waals surface area contributed by atoms with Crippen molar-refractivity contribution < 1.29 is 40.4 Å². The van der Waals surface area contributed by atoms with Gasteiger partial charge in [-0.2, -0.15) is 17.9 Å². The third-order valence-corrected chi connectivity index (χ3v) is 7.10. The molecule has 196 valence electrons. The second kappa shape index (κ2) is 8.94. The lowest BCUT2D eigenvalue weighted by atomic mass is 10.0. The molecular formula is C25H17F4N3O5S. The fourth-order valence-corrected chi connectivity index (χ4v) is 4.85. The molecule has 1 N–H and O–H groups in total. The summed E-state index contributed by atoms with van der Waals surface area (Å²) < 4.78 is 78.3. The molecule has 0 fully saturated rings. The number of benzene rings is 2. The number of carbonyl (C=O) groups excluding carboxylic acids is 2. The van der Waals surface area contributed by atoms with Gasteiger partial charge in [0, 0.05) is 35.7 Å². The number of hydrogen-bond donors (Lipinski definition) is 1. The van der Waals surface area contributed by atoms with Crippen LogP contribution in [0.2, 0.25) is 0 Å². The molecule has 4 aromatic rings. The van der Waals surface area contributed by atoms with Gasteiger partial charge in [0.25, 0.3) is 5.91 Å². The fourth-order valence-electron chi connectivity index (χ4n) is 4.22. The fraction of sp³-hybridized carbons (Fsp3) is 0.160. The lowest BCUT2D eigenvalue weighted by Crippen LogP contribution is -2.37. The molecule has 38 heavy (non-hydrogen) atoms. The number of rotatable bonds is 4. The van der Waals surface area contributed by atoms with E-state index in [0.717, 1.165) is 12.3 Å². The van der Waals surface area contributed by atoms with E-state index < -0.39 is 33.7 Å². The number of fused-ring (bicyclic) bond motifs is 2. The van der Waals surface area contributed by atoms with E-state index in [1.54, 1.807) is 18.2 Å². The average Bonchev–Trinajstić information content (AvgIpc) is 3.21. The Morgan fingerprint density at radius 3 is 2.50 bits per heavy atom. The first-order valence-corrected chi connectivity index (χ1v) is 13.0. The first kappa shape index (κ1) is 25.4. The van der Waals surface area contributed by atoms with Crippen LogP contribution in [-0.2, 0) is 21.1 Å². The van der Waals surface area contributed by atoms with Crippen LogP contribution in [0, 0.1) is 5.82 Å². The number of carbonyl (C=O) groups is 2. The van der Waals surface area contributed by atoms with E-state index in [4.69, 9.17) is 4.84 Å². The van der Waals surface area contributed by atoms with Gasteiger partial charge >= 0.3 is 12.1 Å². The Hall–Kier alpha value is -4.26. The molecule has 0 radical (unpaired) electrons. The molecule has 0 unspecified atom stereocenters. The zero-order valence-corrected chi connectivity index (χ0v) is 20.3. The zero-order chi connectivity index (χ0) is 27.4. The van der Waals surface area contributed by atoms with Crippen LogP contribution in [-0.4, -0.2) is 49.0 Å². The van der Waals surface area contributed by atoms with E-state index in [0.29, 0.717) is 10.1 Å². The quantitative estimate of drug-likeness (QED) is 0.391. The summed E-state index contributed by atoms with van der Waals surface area (Å²) in [7, 11) is -3.65. The summed E-state index contributed by atoms with van der Waals surface area (Å²) in [5, 5.41) is 3.11. The zero-order valence-electron chi connectivity index (χ0n) is 19.5. The van der Waals surface area contributed by atoms with Crippen LogP contribution >= 0.6 is 0 Å². The molecule has 0 saturated heterocycles. The third-order valence-electron chi connectivity index (χ3n) is 5.99. The highest BCUT2D eigenvalue weighted by Gasteiger charge is 2.43. The molecule has 0 spiro atoms. The molecule has 0 bridgehead atoms. The SMILES string of the molecule is CS(=O)(=O)c1ccc(-c2ccc3cccc(-c4cc5c(n4OC(=O)C(F)(F)F)CCNC5=O)c3n2)c(F)c1. The van der Waals surface area contributed by atoms with Gasteiger partial charge in [-0.15, -0.1) is 0 Å². The van der Waals surface area contributed by atoms with Crippen LogP contribution in [0.3, 0.4) is 0 Å². The number of nitrogens with zero attached hydrogens (tertiary/aromatic N) is 2. The molecule has 2 aromatic carbocycles. The Kier molecular flexibility index (Phi) is 5.97. The van der Waals surface area contributed by atoms with E-state index in [1.807, 2.05) is 0 Å². The Morgan fingerprint density at radius 1 is 1.05 bits per heavy atom. The van der Waals surface area contributed by atoms with E-state index >= 15 is 0 Å². The number of halogens is 4. The summed E-state index contributed by atoms with van der Waals surface area (Å²) in [5.41, 5.74) is 0.634. The normalized spacial score (nSPS) is 13.8. The number of amides is 1. The van der Waals surface area contributed by atoms with E-state index in [1.165, 1.54) is 30.3 Å². The maximum Gasteiger partial charge on any atom is 0.493 e. The lowest BCUT2D eigenvalue weighted by Gasteiger charge is -2.17. The van der Waals surface area contributed by atoms with E-state index in [-0.39, 0.29) is 57.1 Å². The third kappa shape index (κ3) is 4.49. The highest BCUT2D eigenvalue weighted by molar-refractivity contribution is 7.90. The molecular weight excluding hydrogens is 530 g/mol. The first-order chi connectivity index (χ1) is 17.8. The number of hydrogen-bond acceptors (Lipinski definition) is 6. The maximum absolute atomic E-state index is 14.9. The second-order valence-electron chi connectivity index (χ2n) is 8.55. The number of nitrogens with one attached hydrogen (secondary N) is 1. The Balaban J connectivity index is 1.70. The van der Waals surface area contributed by atoms with Gasteiger partial charge in [-0.05, 0) is 30.3 Å². The van der Waals surface area contributed by atoms with Crippen LogP contribution in [0.5, 0.6) is 0 Å². The van der Waals surface area contributed by atoms with Gasteiger partial charge in [-0.3, -0.25) is 4.79 Å². The minimum atomic E-state index is -5.29. The van der Waals surface area contributed by atoms with Crippen molar-refractivity contribution in [2.45, 2.75) is 17.5 Å². The van der Waals surface area contributed by atoms with Crippen molar-refractivity contribution in [1.82, 2.24) is 15.0 Å². The minimum Gasteiger partial charge on any atom is -0.352 e. The topological polar surface area (TPSA) is 107 Å². The van der Waals surface area contributed by atoms with Gasteiger partial charge in [0.15, 0.2) is 9.84 Å². The monoisotopic (exact) mass is 547 g/mol. The van der Waals surface area contributed by atoms with Crippen LogP contribution in [0.4, 0.5) is 17.6 Å². The molecule has 2 aromatic heterocycles. The molecule has 13 heteroatoms. The predicted molar refractivity (Wildman–Crippen MR) is 127 cm³/mol. The molecule has 1 aliphatic heterocycles. The smallest absolute Gasteiger partial charge is 0.352 e. The standard InChI is InChI=1S/C25H17F4N3O5S/c1-38(35,36)14-6-7-15(18(26)11-14)19-8-5-13-3-2-4-16(22(13)31-19)21-12-17-20(9-10-30-23(17)33)32(21)37-24(34)25(27,28)29/h2-8,11-12H,9-10H2,1H3,(H,30,33). The van der Waals surface area contributed by atoms with Crippen molar-refractivity contribution in [1.29, 1.82) is 0 Å². The maximum atomic E-state index is 14.9. The van der Waals surface area contributed by atoms with Crippen LogP contribution in [0.1, 0.15) is 16.1 Å². The van der Waals surface area contributed by atoms with Gasteiger partial charge in [0.1, 0.15) is 5.82 Å². The van der Waals surface area contributed by atoms with Crippen molar-refractivity contribution in [2.75, 3.05) is 12.8 Å². The average molecular weight is 547 g/mol. The van der Waals surface area contributed by atoms with Crippen LogP contribution < -0.4 is 10.2 Å². The first-order valence-electron chi connectivity index (χ1n) is 11.1. The summed E-state index contributed by atoms with van der Waals surface area (Å²) in [6, 6.07) is 12.6. The number of pyridine rings is 1. The highest BCUT2D eigenvalue weighted by atomic mass is 32.2. The highest BCUT2D eigenvalue weighted by Crippen LogP contribution is 2.34. The van der Waals surface area contributed by atoms with Crippen molar-refractivity contribution in [2.24, 2.45) is 0 Å². The van der Waals surface area contributed by atoms with Gasteiger partial charge in [0.2, 0.25) is 0 Å². The summed E-state index contributed by atoms with van der Waals surface area (Å²) in [5.74, 6) is -3.85. The largest absolute Gasteiger partial charge is 0.493 e. The molecule has 0 saturated carbocycles. The van der Waals surface area contributed by atoms with Crippen molar-refractivity contribution >= 4 is 32.6 Å². The van der Waals surface area contributed by atoms with Crippen molar-refractivity contribution in [3.8, 4) is 22.5 Å². The van der Waals surface area contributed by atoms with Gasteiger partial charge in [-0.25, -0.2) is 22.6 Å². The minimum absolute atomic E-state index is 0.00772. The molecule has 1 aliphatic rings. The number of aromatic nitrogens is 2. The molecule has 0 atom stereocenters. The summed E-state index contributed by atoms with van der Waals surface area (Å²) >= 11 is 0. The summed E-state index contributed by atoms with van der Waals surface area (Å²) in [6.45, 7) is 0.125. The van der Waals surface area contributed by atoms with Gasteiger partial charge in [0.05, 0.1) is 33.1 Å². The molecule has 5 rings (SSSR count). The second-order valence-corrected chi connectivity index (χ2v) is 10.6. The van der Waals surface area contributed by atoms with E-state index in [2.05, 4.69) is 10.3 Å².